The first kappa shape index (κ1) is 21.4. The summed E-state index contributed by atoms with van der Waals surface area (Å²) in [5.41, 5.74) is 5.84. The van der Waals surface area contributed by atoms with Crippen LogP contribution in [-0.4, -0.2) is 22.7 Å². The monoisotopic (exact) mass is 428 g/mol. The number of nitrogens with one attached hydrogen (secondary N) is 2. The lowest BCUT2D eigenvalue weighted by Gasteiger charge is -2.12. The Hall–Kier alpha value is -3.80. The number of methoxy groups -OCH3 is 1. The molecule has 0 radical (unpaired) electrons. The predicted octanol–water partition coefficient (Wildman–Crippen LogP) is 5.80. The summed E-state index contributed by atoms with van der Waals surface area (Å²) >= 11 is 0. The number of aryl methyl sites for hydroxylation is 4. The Morgan fingerprint density at radius 1 is 1.00 bits per heavy atom. The number of hydrogen-bond donors (Lipinski definition) is 2. The van der Waals surface area contributed by atoms with Gasteiger partial charge in [-0.15, -0.1) is 0 Å². The first-order chi connectivity index (χ1) is 15.6. The van der Waals surface area contributed by atoms with Gasteiger partial charge in [-0.3, -0.25) is 0 Å². The molecule has 1 heterocycles. The number of para-hydroxylation sites is 2. The van der Waals surface area contributed by atoms with E-state index in [1.807, 2.05) is 55.5 Å². The van der Waals surface area contributed by atoms with Gasteiger partial charge in [-0.25, -0.2) is 9.78 Å². The van der Waals surface area contributed by atoms with E-state index in [9.17, 15) is 4.79 Å². The molecular formula is C26H28N4O2. The van der Waals surface area contributed by atoms with Crippen LogP contribution in [0.15, 0.2) is 66.7 Å². The van der Waals surface area contributed by atoms with Gasteiger partial charge in [-0.05, 0) is 67.8 Å². The van der Waals surface area contributed by atoms with Gasteiger partial charge < -0.3 is 19.9 Å². The summed E-state index contributed by atoms with van der Waals surface area (Å²) in [6.07, 6.45) is 1.75. The Morgan fingerprint density at radius 2 is 1.78 bits per heavy atom. The molecule has 2 N–H and O–H groups in total. The van der Waals surface area contributed by atoms with Gasteiger partial charge in [0.05, 0.1) is 23.8 Å². The highest BCUT2D eigenvalue weighted by molar-refractivity contribution is 6.00. The van der Waals surface area contributed by atoms with E-state index in [2.05, 4.69) is 40.3 Å². The average molecular weight is 429 g/mol. The van der Waals surface area contributed by atoms with Crippen molar-refractivity contribution in [2.45, 2.75) is 33.2 Å². The van der Waals surface area contributed by atoms with Crippen LogP contribution in [0.3, 0.4) is 0 Å². The fourth-order valence-electron chi connectivity index (χ4n) is 3.88. The molecule has 1 aromatic heterocycles. The van der Waals surface area contributed by atoms with Crippen LogP contribution >= 0.6 is 0 Å². The van der Waals surface area contributed by atoms with Crippen molar-refractivity contribution in [2.75, 3.05) is 17.7 Å². The zero-order valence-corrected chi connectivity index (χ0v) is 18.7. The molecular weight excluding hydrogens is 400 g/mol. The number of imidazole rings is 1. The van der Waals surface area contributed by atoms with Crippen molar-refractivity contribution in [1.82, 2.24) is 9.55 Å². The highest BCUT2D eigenvalue weighted by Gasteiger charge is 2.10. The summed E-state index contributed by atoms with van der Waals surface area (Å²) < 4.78 is 7.59. The maximum absolute atomic E-state index is 12.4. The Bertz CT molecular complexity index is 1230. The van der Waals surface area contributed by atoms with Crippen LogP contribution in [0.5, 0.6) is 5.75 Å². The van der Waals surface area contributed by atoms with Gasteiger partial charge in [0.15, 0.2) is 0 Å². The Morgan fingerprint density at radius 3 is 2.53 bits per heavy atom. The number of ether oxygens (including phenoxy) is 1. The molecule has 0 unspecified atom stereocenters. The van der Waals surface area contributed by atoms with Gasteiger partial charge in [0.1, 0.15) is 11.6 Å². The number of nitrogens with zero attached hydrogens (tertiary/aromatic N) is 2. The second-order valence-corrected chi connectivity index (χ2v) is 7.74. The third-order valence-corrected chi connectivity index (χ3v) is 5.50. The maximum atomic E-state index is 12.4. The molecule has 6 nitrogen and oxygen atoms in total. The minimum absolute atomic E-state index is 0.307. The van der Waals surface area contributed by atoms with Crippen molar-refractivity contribution in [1.29, 1.82) is 0 Å². The molecule has 4 aromatic rings. The molecule has 4 rings (SSSR count). The number of hydrogen-bond acceptors (Lipinski definition) is 3. The SMILES string of the molecule is CCn1c(CCc2ccc(NC(=O)Nc3cc(C)ccc3OC)cc2)nc2ccccc21. The van der Waals surface area contributed by atoms with Crippen LogP contribution in [0.4, 0.5) is 16.2 Å². The lowest BCUT2D eigenvalue weighted by molar-refractivity contribution is 0.262. The summed E-state index contributed by atoms with van der Waals surface area (Å²) in [5.74, 6) is 1.72. The number of aromatic nitrogens is 2. The van der Waals surface area contributed by atoms with Crippen molar-refractivity contribution >= 4 is 28.4 Å². The van der Waals surface area contributed by atoms with E-state index in [0.29, 0.717) is 11.4 Å². The van der Waals surface area contributed by atoms with Crippen LogP contribution in [0, 0.1) is 6.92 Å². The molecule has 0 atom stereocenters. The van der Waals surface area contributed by atoms with E-state index < -0.39 is 0 Å². The van der Waals surface area contributed by atoms with Crippen molar-refractivity contribution in [3.63, 3.8) is 0 Å². The average Bonchev–Trinajstić information content (AvgIpc) is 3.16. The molecule has 3 aromatic carbocycles. The lowest BCUT2D eigenvalue weighted by Crippen LogP contribution is -2.19. The van der Waals surface area contributed by atoms with E-state index in [1.165, 1.54) is 11.1 Å². The van der Waals surface area contributed by atoms with E-state index in [1.54, 1.807) is 7.11 Å². The smallest absolute Gasteiger partial charge is 0.323 e. The topological polar surface area (TPSA) is 68.2 Å². The predicted molar refractivity (Wildman–Crippen MR) is 130 cm³/mol. The quantitative estimate of drug-likeness (QED) is 0.391. The molecule has 0 aliphatic carbocycles. The Kier molecular flexibility index (Phi) is 6.40. The number of fused-ring (bicyclic) bond motifs is 1. The van der Waals surface area contributed by atoms with Gasteiger partial charge in [-0.1, -0.05) is 30.3 Å². The van der Waals surface area contributed by atoms with Gasteiger partial charge >= 0.3 is 6.03 Å². The molecule has 0 saturated carbocycles. The molecule has 0 saturated heterocycles. The summed E-state index contributed by atoms with van der Waals surface area (Å²) in [6.45, 7) is 5.02. The van der Waals surface area contributed by atoms with Gasteiger partial charge in [0.2, 0.25) is 0 Å². The van der Waals surface area contributed by atoms with Crippen LogP contribution in [0.2, 0.25) is 0 Å². The van der Waals surface area contributed by atoms with Crippen LogP contribution in [0.1, 0.15) is 23.9 Å². The summed E-state index contributed by atoms with van der Waals surface area (Å²) in [5, 5.41) is 5.73. The van der Waals surface area contributed by atoms with Crippen LogP contribution in [0.25, 0.3) is 11.0 Å². The van der Waals surface area contributed by atoms with E-state index in [-0.39, 0.29) is 6.03 Å². The number of benzene rings is 3. The second kappa shape index (κ2) is 9.56. The van der Waals surface area contributed by atoms with Crippen molar-refractivity contribution in [2.24, 2.45) is 0 Å². The largest absolute Gasteiger partial charge is 0.495 e. The lowest BCUT2D eigenvalue weighted by atomic mass is 10.1. The molecule has 6 heteroatoms. The molecule has 0 spiro atoms. The minimum Gasteiger partial charge on any atom is -0.495 e. The molecule has 0 bridgehead atoms. The standard InChI is InChI=1S/C26H28N4O2/c1-4-30-23-8-6-5-7-21(23)28-25(30)16-12-19-10-13-20(14-11-19)27-26(31)29-22-17-18(2)9-15-24(22)32-3/h5-11,13-15,17H,4,12,16H2,1-3H3,(H2,27,29,31). The fraction of sp³-hybridized carbons (Fsp3) is 0.231. The highest BCUT2D eigenvalue weighted by Crippen LogP contribution is 2.25. The highest BCUT2D eigenvalue weighted by atomic mass is 16.5. The zero-order valence-electron chi connectivity index (χ0n) is 18.7. The Balaban J connectivity index is 1.37. The van der Waals surface area contributed by atoms with E-state index in [0.717, 1.165) is 42.0 Å². The first-order valence-electron chi connectivity index (χ1n) is 10.8. The molecule has 0 fully saturated rings. The Labute approximate surface area is 188 Å². The molecule has 0 aliphatic heterocycles. The summed E-state index contributed by atoms with van der Waals surface area (Å²) in [4.78, 5) is 17.2. The number of rotatable bonds is 7. The molecule has 32 heavy (non-hydrogen) atoms. The maximum Gasteiger partial charge on any atom is 0.323 e. The van der Waals surface area contributed by atoms with Crippen molar-refractivity contribution < 1.29 is 9.53 Å². The second-order valence-electron chi connectivity index (χ2n) is 7.74. The number of carbonyl (C=O) groups excluding carboxylic acids is 1. The summed E-state index contributed by atoms with van der Waals surface area (Å²) in [7, 11) is 1.59. The first-order valence-corrected chi connectivity index (χ1v) is 10.8. The summed E-state index contributed by atoms with van der Waals surface area (Å²) in [6, 6.07) is 21.5. The minimum atomic E-state index is -0.307. The number of urea groups is 1. The van der Waals surface area contributed by atoms with E-state index >= 15 is 0 Å². The number of anilines is 2. The van der Waals surface area contributed by atoms with Gasteiger partial charge in [0.25, 0.3) is 0 Å². The molecule has 2 amide bonds. The van der Waals surface area contributed by atoms with Gasteiger partial charge in [0, 0.05) is 18.7 Å². The number of carbonyl (C=O) groups is 1. The molecule has 164 valence electrons. The normalized spacial score (nSPS) is 10.8. The fourth-order valence-corrected chi connectivity index (χ4v) is 3.88. The van der Waals surface area contributed by atoms with Crippen molar-refractivity contribution in [3.8, 4) is 5.75 Å². The number of amides is 2. The van der Waals surface area contributed by atoms with Crippen LogP contribution in [-0.2, 0) is 19.4 Å². The van der Waals surface area contributed by atoms with E-state index in [4.69, 9.17) is 9.72 Å². The third kappa shape index (κ3) is 4.75. The van der Waals surface area contributed by atoms with Gasteiger partial charge in [-0.2, -0.15) is 0 Å². The third-order valence-electron chi connectivity index (χ3n) is 5.50. The van der Waals surface area contributed by atoms with Crippen LogP contribution < -0.4 is 15.4 Å². The molecule has 0 aliphatic rings. The zero-order chi connectivity index (χ0) is 22.5. The van der Waals surface area contributed by atoms with Crippen molar-refractivity contribution in [3.05, 3.63) is 83.7 Å².